The predicted octanol–water partition coefficient (Wildman–Crippen LogP) is 3.99. The van der Waals surface area contributed by atoms with Gasteiger partial charge in [0.05, 0.1) is 7.11 Å². The number of carbonyl (C=O) groups excluding carboxylic acids is 1. The zero-order chi connectivity index (χ0) is 19.3. The third-order valence-corrected chi connectivity index (χ3v) is 5.36. The van der Waals surface area contributed by atoms with Crippen LogP contribution in [0.25, 0.3) is 0 Å². The molecule has 0 bridgehead atoms. The fourth-order valence-electron chi connectivity index (χ4n) is 3.77. The number of carbonyl (C=O) groups is 1. The average molecular weight is 364 g/mol. The molecule has 27 heavy (non-hydrogen) atoms. The van der Waals surface area contributed by atoms with Crippen LogP contribution in [0.2, 0.25) is 0 Å². The van der Waals surface area contributed by atoms with E-state index in [-0.39, 0.29) is 11.4 Å². The summed E-state index contributed by atoms with van der Waals surface area (Å²) in [6.07, 6.45) is 2.80. The largest absolute Gasteiger partial charge is 0.497 e. The molecule has 2 aromatic carbocycles. The third-order valence-electron chi connectivity index (χ3n) is 5.36. The molecule has 1 amide bonds. The van der Waals surface area contributed by atoms with Crippen molar-refractivity contribution in [2.24, 2.45) is 0 Å². The van der Waals surface area contributed by atoms with Crippen molar-refractivity contribution in [3.05, 3.63) is 78.4 Å². The molecule has 0 spiro atoms. The maximum atomic E-state index is 13.0. The van der Waals surface area contributed by atoms with Crippen molar-refractivity contribution in [1.82, 2.24) is 9.80 Å². The number of nitrogens with zero attached hydrogens (tertiary/aromatic N) is 2. The van der Waals surface area contributed by atoms with Crippen LogP contribution in [0.5, 0.6) is 5.75 Å². The minimum atomic E-state index is -0.127. The molecule has 1 fully saturated rings. The Bertz CT molecular complexity index is 773. The molecule has 1 unspecified atom stereocenters. The summed E-state index contributed by atoms with van der Waals surface area (Å²) in [6.45, 7) is 9.32. The number of hydrogen-bond donors (Lipinski definition) is 0. The summed E-state index contributed by atoms with van der Waals surface area (Å²) >= 11 is 0. The van der Waals surface area contributed by atoms with E-state index >= 15 is 0 Å². The quantitative estimate of drug-likeness (QED) is 0.727. The van der Waals surface area contributed by atoms with Crippen LogP contribution in [0.1, 0.15) is 29.3 Å². The Hall–Kier alpha value is -2.59. The lowest BCUT2D eigenvalue weighted by Crippen LogP contribution is -2.61. The SMILES string of the molecule is C=CCC1(C)CN(C(=O)c2ccc(OC)cc2)CCN1Cc1ccccc1. The Morgan fingerprint density at radius 1 is 1.15 bits per heavy atom. The van der Waals surface area contributed by atoms with Crippen LogP contribution in [0.15, 0.2) is 67.3 Å². The lowest BCUT2D eigenvalue weighted by molar-refractivity contribution is 0.00613. The zero-order valence-electron chi connectivity index (χ0n) is 16.2. The van der Waals surface area contributed by atoms with Crippen molar-refractivity contribution in [3.8, 4) is 5.75 Å². The molecular formula is C23H28N2O2. The predicted molar refractivity (Wildman–Crippen MR) is 109 cm³/mol. The van der Waals surface area contributed by atoms with Crippen molar-refractivity contribution in [3.63, 3.8) is 0 Å². The lowest BCUT2D eigenvalue weighted by atomic mass is 9.91. The number of hydrogen-bond acceptors (Lipinski definition) is 3. The fraction of sp³-hybridized carbons (Fsp3) is 0.348. The van der Waals surface area contributed by atoms with E-state index < -0.39 is 0 Å². The van der Waals surface area contributed by atoms with Gasteiger partial charge in [0.1, 0.15) is 5.75 Å². The van der Waals surface area contributed by atoms with Crippen LogP contribution in [0.3, 0.4) is 0 Å². The maximum Gasteiger partial charge on any atom is 0.253 e. The first-order valence-corrected chi connectivity index (χ1v) is 9.39. The summed E-state index contributed by atoms with van der Waals surface area (Å²) in [4.78, 5) is 17.4. The number of methoxy groups -OCH3 is 1. The van der Waals surface area contributed by atoms with E-state index in [1.165, 1.54) is 5.56 Å². The van der Waals surface area contributed by atoms with Gasteiger partial charge in [0.25, 0.3) is 5.91 Å². The van der Waals surface area contributed by atoms with Gasteiger partial charge in [0.15, 0.2) is 0 Å². The highest BCUT2D eigenvalue weighted by molar-refractivity contribution is 5.94. The summed E-state index contributed by atoms with van der Waals surface area (Å²) < 4.78 is 5.19. The number of benzene rings is 2. The van der Waals surface area contributed by atoms with Gasteiger partial charge in [-0.1, -0.05) is 36.4 Å². The molecule has 3 rings (SSSR count). The lowest BCUT2D eigenvalue weighted by Gasteiger charge is -2.49. The molecule has 0 radical (unpaired) electrons. The number of amides is 1. The Balaban J connectivity index is 1.75. The fourth-order valence-corrected chi connectivity index (χ4v) is 3.77. The molecule has 0 N–H and O–H groups in total. The van der Waals surface area contributed by atoms with E-state index in [0.717, 1.165) is 31.8 Å². The number of rotatable bonds is 6. The van der Waals surface area contributed by atoms with Crippen LogP contribution < -0.4 is 4.74 Å². The molecule has 2 aromatic rings. The van der Waals surface area contributed by atoms with Gasteiger partial charge in [0, 0.05) is 37.3 Å². The topological polar surface area (TPSA) is 32.8 Å². The van der Waals surface area contributed by atoms with Crippen LogP contribution in [0.4, 0.5) is 0 Å². The van der Waals surface area contributed by atoms with E-state index in [1.807, 2.05) is 41.3 Å². The van der Waals surface area contributed by atoms with E-state index in [4.69, 9.17) is 4.74 Å². The number of ether oxygens (including phenoxy) is 1. The summed E-state index contributed by atoms with van der Waals surface area (Å²) in [5.41, 5.74) is 1.87. The minimum Gasteiger partial charge on any atom is -0.497 e. The molecular weight excluding hydrogens is 336 g/mol. The van der Waals surface area contributed by atoms with Crippen molar-refractivity contribution >= 4 is 5.91 Å². The van der Waals surface area contributed by atoms with Crippen molar-refractivity contribution < 1.29 is 9.53 Å². The Morgan fingerprint density at radius 2 is 1.85 bits per heavy atom. The zero-order valence-corrected chi connectivity index (χ0v) is 16.2. The highest BCUT2D eigenvalue weighted by Crippen LogP contribution is 2.28. The van der Waals surface area contributed by atoms with E-state index in [0.29, 0.717) is 12.1 Å². The molecule has 1 aliphatic rings. The normalized spacial score (nSPS) is 20.3. The van der Waals surface area contributed by atoms with Crippen molar-refractivity contribution in [2.75, 3.05) is 26.7 Å². The molecule has 0 aromatic heterocycles. The summed E-state index contributed by atoms with van der Waals surface area (Å²) in [5.74, 6) is 0.836. The molecule has 1 aliphatic heterocycles. The first kappa shape index (κ1) is 19.2. The smallest absolute Gasteiger partial charge is 0.253 e. The van der Waals surface area contributed by atoms with Crippen LogP contribution in [-0.4, -0.2) is 48.0 Å². The van der Waals surface area contributed by atoms with Gasteiger partial charge >= 0.3 is 0 Å². The summed E-state index contributed by atoms with van der Waals surface area (Å²) in [5, 5.41) is 0. The highest BCUT2D eigenvalue weighted by Gasteiger charge is 2.38. The molecule has 0 saturated carbocycles. The first-order chi connectivity index (χ1) is 13.1. The van der Waals surface area contributed by atoms with Gasteiger partial charge in [-0.15, -0.1) is 6.58 Å². The molecule has 1 saturated heterocycles. The monoisotopic (exact) mass is 364 g/mol. The van der Waals surface area contributed by atoms with E-state index in [9.17, 15) is 4.79 Å². The van der Waals surface area contributed by atoms with Gasteiger partial charge in [-0.05, 0) is 43.2 Å². The third kappa shape index (κ3) is 4.40. The van der Waals surface area contributed by atoms with Crippen LogP contribution in [0, 0.1) is 0 Å². The van der Waals surface area contributed by atoms with Crippen LogP contribution >= 0.6 is 0 Å². The molecule has 0 aliphatic carbocycles. The Labute approximate surface area is 162 Å². The minimum absolute atomic E-state index is 0.0762. The molecule has 1 atom stereocenters. The second-order valence-electron chi connectivity index (χ2n) is 7.35. The van der Waals surface area contributed by atoms with Gasteiger partial charge in [0.2, 0.25) is 0 Å². The molecule has 4 heteroatoms. The van der Waals surface area contributed by atoms with Gasteiger partial charge < -0.3 is 9.64 Å². The van der Waals surface area contributed by atoms with E-state index in [1.54, 1.807) is 7.11 Å². The van der Waals surface area contributed by atoms with Gasteiger partial charge in [-0.3, -0.25) is 9.69 Å². The highest BCUT2D eigenvalue weighted by atomic mass is 16.5. The second-order valence-corrected chi connectivity index (χ2v) is 7.35. The summed E-state index contributed by atoms with van der Waals surface area (Å²) in [7, 11) is 1.63. The van der Waals surface area contributed by atoms with Gasteiger partial charge in [-0.2, -0.15) is 0 Å². The van der Waals surface area contributed by atoms with E-state index in [2.05, 4.69) is 42.7 Å². The molecule has 142 valence electrons. The first-order valence-electron chi connectivity index (χ1n) is 9.39. The second kappa shape index (κ2) is 8.40. The molecule has 1 heterocycles. The standard InChI is InChI=1S/C23H28N2O2/c1-4-14-23(2)18-24(22(26)20-10-12-21(27-3)13-11-20)15-16-25(23)17-19-8-6-5-7-9-19/h4-13H,1,14-18H2,2-3H3. The van der Waals surface area contributed by atoms with Gasteiger partial charge in [-0.25, -0.2) is 0 Å². The van der Waals surface area contributed by atoms with Crippen molar-refractivity contribution in [2.45, 2.75) is 25.4 Å². The Morgan fingerprint density at radius 3 is 2.48 bits per heavy atom. The maximum absolute atomic E-state index is 13.0. The Kier molecular flexibility index (Phi) is 5.97. The summed E-state index contributed by atoms with van der Waals surface area (Å²) in [6, 6.07) is 17.8. The van der Waals surface area contributed by atoms with Crippen molar-refractivity contribution in [1.29, 1.82) is 0 Å². The van der Waals surface area contributed by atoms with Crippen LogP contribution in [-0.2, 0) is 6.54 Å². The average Bonchev–Trinajstić information content (AvgIpc) is 2.70. The number of piperazine rings is 1. The molecule has 4 nitrogen and oxygen atoms in total.